The van der Waals surface area contributed by atoms with Gasteiger partial charge in [0.1, 0.15) is 5.69 Å². The summed E-state index contributed by atoms with van der Waals surface area (Å²) in [5.74, 6) is -1.66. The molecule has 5 rings (SSSR count). The van der Waals surface area contributed by atoms with Gasteiger partial charge in [-0.15, -0.1) is 0 Å². The van der Waals surface area contributed by atoms with Crippen LogP contribution < -0.4 is 22.1 Å². The Morgan fingerprint density at radius 1 is 0.889 bits per heavy atom. The van der Waals surface area contributed by atoms with E-state index in [9.17, 15) is 14.4 Å². The van der Waals surface area contributed by atoms with Gasteiger partial charge >= 0.3 is 0 Å². The SMILES string of the molecule is NCc1ccccc1-c1ccc(N2CCc3c(C(N)=O)nn(-c4cccc(C(N)=O)c4)c3C2=O)cc1. The van der Waals surface area contributed by atoms with Gasteiger partial charge in [0.2, 0.25) is 5.91 Å². The minimum absolute atomic E-state index is 0.0382. The normalized spacial score (nSPS) is 12.9. The highest BCUT2D eigenvalue weighted by Crippen LogP contribution is 2.31. The first kappa shape index (κ1) is 23.0. The van der Waals surface area contributed by atoms with E-state index in [1.165, 1.54) is 10.7 Å². The largest absolute Gasteiger partial charge is 0.366 e. The summed E-state index contributed by atoms with van der Waals surface area (Å²) in [4.78, 5) is 39.2. The van der Waals surface area contributed by atoms with Crippen LogP contribution >= 0.6 is 0 Å². The molecule has 3 aromatic carbocycles. The van der Waals surface area contributed by atoms with Gasteiger partial charge in [-0.3, -0.25) is 14.4 Å². The number of rotatable bonds is 6. The third-order valence-electron chi connectivity index (χ3n) is 6.35. The minimum atomic E-state index is -0.722. The lowest BCUT2D eigenvalue weighted by Gasteiger charge is -2.28. The molecule has 36 heavy (non-hydrogen) atoms. The van der Waals surface area contributed by atoms with Crippen LogP contribution in [0.1, 0.15) is 42.5 Å². The Morgan fingerprint density at radius 2 is 1.64 bits per heavy atom. The molecule has 3 amide bonds. The molecule has 1 aromatic heterocycles. The van der Waals surface area contributed by atoms with Crippen molar-refractivity contribution in [3.05, 3.63) is 101 Å². The molecule has 2 heterocycles. The topological polar surface area (TPSA) is 150 Å². The summed E-state index contributed by atoms with van der Waals surface area (Å²) < 4.78 is 1.36. The fraction of sp³-hybridized carbons (Fsp3) is 0.111. The molecule has 9 nitrogen and oxygen atoms in total. The van der Waals surface area contributed by atoms with Crippen molar-refractivity contribution < 1.29 is 14.4 Å². The highest BCUT2D eigenvalue weighted by atomic mass is 16.2. The Hall–Kier alpha value is -4.76. The summed E-state index contributed by atoms with van der Waals surface area (Å²) >= 11 is 0. The van der Waals surface area contributed by atoms with Gasteiger partial charge in [0.25, 0.3) is 11.8 Å². The van der Waals surface area contributed by atoms with Gasteiger partial charge in [0.15, 0.2) is 5.69 Å². The third kappa shape index (κ3) is 3.91. The quantitative estimate of drug-likeness (QED) is 0.387. The summed E-state index contributed by atoms with van der Waals surface area (Å²) in [7, 11) is 0. The van der Waals surface area contributed by atoms with Crippen molar-refractivity contribution in [2.24, 2.45) is 17.2 Å². The summed E-state index contributed by atoms with van der Waals surface area (Å²) in [5, 5.41) is 4.34. The molecule has 4 aromatic rings. The molecule has 1 aliphatic heterocycles. The van der Waals surface area contributed by atoms with E-state index in [4.69, 9.17) is 17.2 Å². The number of hydrogen-bond donors (Lipinski definition) is 3. The van der Waals surface area contributed by atoms with Gasteiger partial charge in [-0.2, -0.15) is 5.10 Å². The van der Waals surface area contributed by atoms with Crippen LogP contribution in [0, 0.1) is 0 Å². The summed E-state index contributed by atoms with van der Waals surface area (Å²) in [6.07, 6.45) is 0.395. The van der Waals surface area contributed by atoms with Crippen molar-refractivity contribution >= 4 is 23.4 Å². The lowest BCUT2D eigenvalue weighted by molar-refractivity contribution is 0.0971. The highest BCUT2D eigenvalue weighted by molar-refractivity contribution is 6.09. The number of carbonyl (C=O) groups is 3. The van der Waals surface area contributed by atoms with Crippen LogP contribution in [0.5, 0.6) is 0 Å². The first-order chi connectivity index (χ1) is 17.4. The van der Waals surface area contributed by atoms with E-state index >= 15 is 0 Å². The Kier molecular flexibility index (Phi) is 5.83. The van der Waals surface area contributed by atoms with E-state index < -0.39 is 11.8 Å². The monoisotopic (exact) mass is 480 g/mol. The maximum atomic E-state index is 13.7. The molecule has 0 radical (unpaired) electrons. The predicted molar refractivity (Wildman–Crippen MR) is 136 cm³/mol. The maximum Gasteiger partial charge on any atom is 0.277 e. The zero-order chi connectivity index (χ0) is 25.4. The lowest BCUT2D eigenvalue weighted by atomic mass is 9.98. The van der Waals surface area contributed by atoms with Gasteiger partial charge in [0, 0.05) is 29.9 Å². The molecular weight excluding hydrogens is 456 g/mol. The van der Waals surface area contributed by atoms with Gasteiger partial charge in [-0.1, -0.05) is 42.5 Å². The van der Waals surface area contributed by atoms with Crippen molar-refractivity contribution in [3.63, 3.8) is 0 Å². The molecular formula is C27H24N6O3. The molecule has 0 aliphatic carbocycles. The van der Waals surface area contributed by atoms with Crippen LogP contribution in [0.2, 0.25) is 0 Å². The van der Waals surface area contributed by atoms with Gasteiger partial charge < -0.3 is 22.1 Å². The van der Waals surface area contributed by atoms with Crippen LogP contribution in [-0.2, 0) is 13.0 Å². The lowest BCUT2D eigenvalue weighted by Crippen LogP contribution is -2.39. The molecule has 0 fully saturated rings. The number of fused-ring (bicyclic) bond motifs is 1. The Balaban J connectivity index is 1.54. The second-order valence-corrected chi connectivity index (χ2v) is 8.48. The van der Waals surface area contributed by atoms with Gasteiger partial charge in [0.05, 0.1) is 5.69 Å². The molecule has 6 N–H and O–H groups in total. The van der Waals surface area contributed by atoms with Crippen molar-refractivity contribution in [2.75, 3.05) is 11.4 Å². The second kappa shape index (κ2) is 9.12. The van der Waals surface area contributed by atoms with Crippen LogP contribution in [0.15, 0.2) is 72.8 Å². The average molecular weight is 481 g/mol. The molecule has 0 spiro atoms. The standard InChI is InChI=1S/C27H24N6O3/c28-15-18-4-1-2-7-21(18)16-8-10-19(11-9-16)32-13-12-22-23(26(30)35)31-33(24(22)27(32)36)20-6-3-5-17(14-20)25(29)34/h1-11,14H,12-13,15,28H2,(H2,29,34)(H2,30,35). The molecule has 0 bridgehead atoms. The van der Waals surface area contributed by atoms with E-state index in [1.54, 1.807) is 23.1 Å². The number of benzene rings is 3. The van der Waals surface area contributed by atoms with Gasteiger partial charge in [-0.05, 0) is 53.4 Å². The number of carbonyl (C=O) groups excluding carboxylic acids is 3. The molecule has 0 saturated heterocycles. The number of amides is 3. The number of aromatic nitrogens is 2. The average Bonchev–Trinajstić information content (AvgIpc) is 3.30. The molecule has 180 valence electrons. The zero-order valence-corrected chi connectivity index (χ0v) is 19.3. The summed E-state index contributed by atoms with van der Waals surface area (Å²) in [5.41, 5.74) is 22.1. The first-order valence-corrected chi connectivity index (χ1v) is 11.4. The Labute approximate surface area is 207 Å². The van der Waals surface area contributed by atoms with E-state index in [2.05, 4.69) is 5.10 Å². The smallest absolute Gasteiger partial charge is 0.277 e. The van der Waals surface area contributed by atoms with E-state index in [1.807, 2.05) is 48.5 Å². The van der Waals surface area contributed by atoms with E-state index in [0.29, 0.717) is 36.4 Å². The number of primary amides is 2. The Morgan fingerprint density at radius 3 is 2.33 bits per heavy atom. The van der Waals surface area contributed by atoms with Crippen LogP contribution in [0.4, 0.5) is 5.69 Å². The summed E-state index contributed by atoms with van der Waals surface area (Å²) in [6.45, 7) is 0.784. The van der Waals surface area contributed by atoms with Crippen LogP contribution in [-0.4, -0.2) is 34.0 Å². The second-order valence-electron chi connectivity index (χ2n) is 8.48. The fourth-order valence-corrected chi connectivity index (χ4v) is 4.58. The summed E-state index contributed by atoms with van der Waals surface area (Å²) in [6, 6.07) is 22.0. The van der Waals surface area contributed by atoms with Crippen molar-refractivity contribution in [2.45, 2.75) is 13.0 Å². The van der Waals surface area contributed by atoms with E-state index in [0.717, 1.165) is 16.7 Å². The maximum absolute atomic E-state index is 13.7. The van der Waals surface area contributed by atoms with Gasteiger partial charge in [-0.25, -0.2) is 4.68 Å². The van der Waals surface area contributed by atoms with Crippen molar-refractivity contribution in [3.8, 4) is 16.8 Å². The highest BCUT2D eigenvalue weighted by Gasteiger charge is 2.34. The minimum Gasteiger partial charge on any atom is -0.366 e. The van der Waals surface area contributed by atoms with Crippen LogP contribution in [0.3, 0.4) is 0 Å². The molecule has 1 aliphatic rings. The number of hydrogen-bond acceptors (Lipinski definition) is 5. The molecule has 0 unspecified atom stereocenters. The predicted octanol–water partition coefficient (Wildman–Crippen LogP) is 2.40. The van der Waals surface area contributed by atoms with E-state index in [-0.39, 0.29) is 22.9 Å². The molecule has 0 atom stereocenters. The molecule has 0 saturated carbocycles. The van der Waals surface area contributed by atoms with Crippen molar-refractivity contribution in [1.82, 2.24) is 9.78 Å². The van der Waals surface area contributed by atoms with Crippen molar-refractivity contribution in [1.29, 1.82) is 0 Å². The third-order valence-corrected chi connectivity index (χ3v) is 6.35. The number of anilines is 1. The number of nitrogens with zero attached hydrogens (tertiary/aromatic N) is 3. The first-order valence-electron chi connectivity index (χ1n) is 11.4. The molecule has 9 heteroatoms. The number of nitrogens with two attached hydrogens (primary N) is 3. The van der Waals surface area contributed by atoms with Crippen LogP contribution in [0.25, 0.3) is 16.8 Å². The zero-order valence-electron chi connectivity index (χ0n) is 19.3. The fourth-order valence-electron chi connectivity index (χ4n) is 4.58. The Bertz CT molecular complexity index is 1510.